The van der Waals surface area contributed by atoms with E-state index in [0.717, 1.165) is 22.4 Å². The van der Waals surface area contributed by atoms with Crippen LogP contribution in [0.15, 0.2) is 30.6 Å². The minimum atomic E-state index is 0.0307. The number of benzene rings is 1. The van der Waals surface area contributed by atoms with Crippen LogP contribution < -0.4 is 4.74 Å². The summed E-state index contributed by atoms with van der Waals surface area (Å²) in [6, 6.07) is 5.55. The minimum Gasteiger partial charge on any atom is -0.496 e. The van der Waals surface area contributed by atoms with Crippen molar-refractivity contribution in [1.82, 2.24) is 4.98 Å². The van der Waals surface area contributed by atoms with Crippen LogP contribution in [-0.2, 0) is 0 Å². The van der Waals surface area contributed by atoms with Crippen molar-refractivity contribution in [2.45, 2.75) is 20.8 Å². The molecule has 1 aromatic carbocycles. The second-order valence-electron chi connectivity index (χ2n) is 4.66. The van der Waals surface area contributed by atoms with Gasteiger partial charge in [0, 0.05) is 23.5 Å². The van der Waals surface area contributed by atoms with Crippen LogP contribution in [0.4, 0.5) is 0 Å². The molecule has 0 N–H and O–H groups in total. The van der Waals surface area contributed by atoms with Crippen molar-refractivity contribution in [2.24, 2.45) is 0 Å². The first-order chi connectivity index (χ1) is 9.04. The fourth-order valence-electron chi connectivity index (χ4n) is 2.13. The number of nitrogens with zero attached hydrogens (tertiary/aromatic N) is 1. The average molecular weight is 255 g/mol. The second kappa shape index (κ2) is 5.22. The molecule has 0 bridgehead atoms. The highest BCUT2D eigenvalue weighted by molar-refractivity contribution is 6.10. The van der Waals surface area contributed by atoms with Crippen LogP contribution in [-0.4, -0.2) is 17.9 Å². The zero-order chi connectivity index (χ0) is 14.0. The number of aryl methyl sites for hydroxylation is 3. The van der Waals surface area contributed by atoms with Gasteiger partial charge in [-0.15, -0.1) is 0 Å². The first-order valence-electron chi connectivity index (χ1n) is 6.15. The monoisotopic (exact) mass is 255 g/mol. The highest BCUT2D eigenvalue weighted by Gasteiger charge is 2.15. The fourth-order valence-corrected chi connectivity index (χ4v) is 2.13. The van der Waals surface area contributed by atoms with Gasteiger partial charge in [0.1, 0.15) is 5.75 Å². The summed E-state index contributed by atoms with van der Waals surface area (Å²) in [4.78, 5) is 16.6. The number of ether oxygens (including phenoxy) is 1. The Morgan fingerprint density at radius 2 is 1.79 bits per heavy atom. The molecule has 19 heavy (non-hydrogen) atoms. The van der Waals surface area contributed by atoms with E-state index in [4.69, 9.17) is 4.74 Å². The normalized spacial score (nSPS) is 10.3. The lowest BCUT2D eigenvalue weighted by Crippen LogP contribution is -2.07. The van der Waals surface area contributed by atoms with Crippen LogP contribution in [0.3, 0.4) is 0 Å². The molecule has 3 nitrogen and oxygen atoms in total. The van der Waals surface area contributed by atoms with Crippen LogP contribution in [0.2, 0.25) is 0 Å². The van der Waals surface area contributed by atoms with Gasteiger partial charge in [0.15, 0.2) is 5.78 Å². The molecule has 0 spiro atoms. The molecule has 0 saturated carbocycles. The number of hydrogen-bond acceptors (Lipinski definition) is 3. The zero-order valence-corrected chi connectivity index (χ0v) is 11.7. The van der Waals surface area contributed by atoms with Gasteiger partial charge in [-0.2, -0.15) is 0 Å². The van der Waals surface area contributed by atoms with Crippen LogP contribution in [0.25, 0.3) is 0 Å². The lowest BCUT2D eigenvalue weighted by Gasteiger charge is -2.11. The number of ketones is 1. The van der Waals surface area contributed by atoms with E-state index in [9.17, 15) is 4.79 Å². The Morgan fingerprint density at radius 3 is 2.42 bits per heavy atom. The summed E-state index contributed by atoms with van der Waals surface area (Å²) < 4.78 is 5.27. The van der Waals surface area contributed by atoms with Crippen molar-refractivity contribution in [3.8, 4) is 5.75 Å². The lowest BCUT2D eigenvalue weighted by atomic mass is 9.95. The van der Waals surface area contributed by atoms with Gasteiger partial charge in [0.25, 0.3) is 0 Å². The first kappa shape index (κ1) is 13.3. The summed E-state index contributed by atoms with van der Waals surface area (Å²) >= 11 is 0. The van der Waals surface area contributed by atoms with Crippen molar-refractivity contribution in [3.05, 3.63) is 58.4 Å². The van der Waals surface area contributed by atoms with Gasteiger partial charge in [0.2, 0.25) is 0 Å². The van der Waals surface area contributed by atoms with Gasteiger partial charge in [-0.25, -0.2) is 0 Å². The second-order valence-corrected chi connectivity index (χ2v) is 4.66. The van der Waals surface area contributed by atoms with Gasteiger partial charge >= 0.3 is 0 Å². The number of rotatable bonds is 3. The smallest absolute Gasteiger partial charge is 0.193 e. The molecule has 0 saturated heterocycles. The Kier molecular flexibility index (Phi) is 3.65. The lowest BCUT2D eigenvalue weighted by molar-refractivity contribution is 0.103. The van der Waals surface area contributed by atoms with Crippen LogP contribution >= 0.6 is 0 Å². The first-order valence-corrected chi connectivity index (χ1v) is 6.15. The summed E-state index contributed by atoms with van der Waals surface area (Å²) in [5.74, 6) is 0.837. The Balaban J connectivity index is 2.51. The zero-order valence-electron chi connectivity index (χ0n) is 11.7. The van der Waals surface area contributed by atoms with Crippen LogP contribution in [0.5, 0.6) is 5.75 Å². The summed E-state index contributed by atoms with van der Waals surface area (Å²) in [7, 11) is 1.64. The van der Waals surface area contributed by atoms with Crippen molar-refractivity contribution in [3.63, 3.8) is 0 Å². The van der Waals surface area contributed by atoms with E-state index in [2.05, 4.69) is 4.98 Å². The average Bonchev–Trinajstić information content (AvgIpc) is 2.40. The molecule has 1 heterocycles. The van der Waals surface area contributed by atoms with E-state index in [1.54, 1.807) is 25.6 Å². The molecule has 0 unspecified atom stereocenters. The van der Waals surface area contributed by atoms with E-state index in [0.29, 0.717) is 11.1 Å². The number of carbonyl (C=O) groups excluding carboxylic acids is 1. The van der Waals surface area contributed by atoms with E-state index >= 15 is 0 Å². The molecule has 0 fully saturated rings. The predicted octanol–water partition coefficient (Wildman–Crippen LogP) is 3.25. The van der Waals surface area contributed by atoms with Crippen molar-refractivity contribution >= 4 is 5.78 Å². The molecule has 0 amide bonds. The number of aromatic nitrogens is 1. The molecular formula is C16H17NO2. The molecule has 0 atom stereocenters. The van der Waals surface area contributed by atoms with Gasteiger partial charge in [0.05, 0.1) is 7.11 Å². The van der Waals surface area contributed by atoms with Gasteiger partial charge in [-0.3, -0.25) is 9.78 Å². The van der Waals surface area contributed by atoms with Crippen molar-refractivity contribution in [2.75, 3.05) is 7.11 Å². The number of hydrogen-bond donors (Lipinski definition) is 0. The third kappa shape index (κ3) is 2.50. The van der Waals surface area contributed by atoms with Crippen molar-refractivity contribution in [1.29, 1.82) is 0 Å². The standard InChI is InChI=1S/C16H17NO2/c1-10-8-15(19-4)11(2)7-14(10)16(18)13-5-6-17-9-12(13)3/h5-9H,1-4H3. The predicted molar refractivity (Wildman–Crippen MR) is 74.9 cm³/mol. The maximum atomic E-state index is 12.6. The van der Waals surface area contributed by atoms with E-state index in [-0.39, 0.29) is 5.78 Å². The third-order valence-corrected chi connectivity index (χ3v) is 3.25. The Bertz CT molecular complexity index is 633. The van der Waals surface area contributed by atoms with E-state index in [1.807, 2.05) is 32.9 Å². The summed E-state index contributed by atoms with van der Waals surface area (Å²) in [5.41, 5.74) is 4.18. The van der Waals surface area contributed by atoms with Crippen molar-refractivity contribution < 1.29 is 9.53 Å². The highest BCUT2D eigenvalue weighted by atomic mass is 16.5. The molecular weight excluding hydrogens is 238 g/mol. The number of carbonyl (C=O) groups is 1. The summed E-state index contributed by atoms with van der Waals surface area (Å²) in [5, 5.41) is 0. The quantitative estimate of drug-likeness (QED) is 0.790. The molecule has 0 radical (unpaired) electrons. The number of pyridine rings is 1. The molecule has 2 rings (SSSR count). The molecule has 98 valence electrons. The summed E-state index contributed by atoms with van der Waals surface area (Å²) in [6.07, 6.45) is 3.35. The van der Waals surface area contributed by atoms with Gasteiger partial charge < -0.3 is 4.74 Å². The Hall–Kier alpha value is -2.16. The van der Waals surface area contributed by atoms with Crippen LogP contribution in [0.1, 0.15) is 32.6 Å². The highest BCUT2D eigenvalue weighted by Crippen LogP contribution is 2.24. The van der Waals surface area contributed by atoms with Gasteiger partial charge in [-0.05, 0) is 55.7 Å². The molecule has 3 heteroatoms. The maximum absolute atomic E-state index is 12.6. The molecule has 0 aliphatic rings. The van der Waals surface area contributed by atoms with E-state index in [1.165, 1.54) is 0 Å². The third-order valence-electron chi connectivity index (χ3n) is 3.25. The Morgan fingerprint density at radius 1 is 1.05 bits per heavy atom. The van der Waals surface area contributed by atoms with E-state index < -0.39 is 0 Å². The molecule has 0 aliphatic heterocycles. The largest absolute Gasteiger partial charge is 0.496 e. The maximum Gasteiger partial charge on any atom is 0.193 e. The summed E-state index contributed by atoms with van der Waals surface area (Å²) in [6.45, 7) is 5.76. The fraction of sp³-hybridized carbons (Fsp3) is 0.250. The Labute approximate surface area is 113 Å². The topological polar surface area (TPSA) is 39.2 Å². The molecule has 2 aromatic rings. The minimum absolute atomic E-state index is 0.0307. The van der Waals surface area contributed by atoms with Crippen LogP contribution in [0, 0.1) is 20.8 Å². The van der Waals surface area contributed by atoms with Gasteiger partial charge in [-0.1, -0.05) is 0 Å². The number of methoxy groups -OCH3 is 1. The molecule has 1 aromatic heterocycles. The molecule has 0 aliphatic carbocycles. The SMILES string of the molecule is COc1cc(C)c(C(=O)c2ccncc2C)cc1C.